The topological polar surface area (TPSA) is 62.3 Å². The van der Waals surface area contributed by atoms with E-state index < -0.39 is 5.92 Å². The lowest BCUT2D eigenvalue weighted by Gasteiger charge is -2.24. The monoisotopic (exact) mass is 301 g/mol. The fourth-order valence-electron chi connectivity index (χ4n) is 2.69. The number of aromatic nitrogens is 1. The Balaban J connectivity index is 1.85. The molecule has 0 bridgehead atoms. The second-order valence-electron chi connectivity index (χ2n) is 5.00. The van der Waals surface area contributed by atoms with Gasteiger partial charge in [0.1, 0.15) is 0 Å². The Kier molecular flexibility index (Phi) is 3.70. The zero-order valence-corrected chi connectivity index (χ0v) is 12.3. The highest BCUT2D eigenvalue weighted by atomic mass is 32.1. The van der Waals surface area contributed by atoms with Gasteiger partial charge in [-0.05, 0) is 5.56 Å². The number of likely N-dealkylation sites (tertiary alicyclic amines) is 1. The quantitative estimate of drug-likeness (QED) is 0.946. The summed E-state index contributed by atoms with van der Waals surface area (Å²) in [6.07, 6.45) is 1.87. The number of nitrogens with one attached hydrogen (secondary N) is 1. The maximum absolute atomic E-state index is 12.5. The first kappa shape index (κ1) is 13.8. The van der Waals surface area contributed by atoms with Crippen LogP contribution in [-0.4, -0.2) is 28.7 Å². The van der Waals surface area contributed by atoms with Crippen LogP contribution < -0.4 is 5.32 Å². The number of amides is 2. The fourth-order valence-corrected chi connectivity index (χ4v) is 3.23. The van der Waals surface area contributed by atoms with E-state index in [0.29, 0.717) is 5.13 Å². The van der Waals surface area contributed by atoms with Crippen LogP contribution in [0.15, 0.2) is 41.9 Å². The Morgan fingerprint density at radius 1 is 1.38 bits per heavy atom. The third-order valence-electron chi connectivity index (χ3n) is 3.73. The van der Waals surface area contributed by atoms with Gasteiger partial charge in [-0.1, -0.05) is 30.3 Å². The summed E-state index contributed by atoms with van der Waals surface area (Å²) in [5.41, 5.74) is 0.977. The Labute approximate surface area is 126 Å². The Morgan fingerprint density at radius 3 is 2.81 bits per heavy atom. The molecule has 108 valence electrons. The van der Waals surface area contributed by atoms with Crippen molar-refractivity contribution < 1.29 is 9.59 Å². The molecule has 2 atom stereocenters. The molecule has 1 aliphatic rings. The molecule has 1 aromatic carbocycles. The zero-order chi connectivity index (χ0) is 14.8. The summed E-state index contributed by atoms with van der Waals surface area (Å²) >= 11 is 1.37. The molecule has 1 saturated heterocycles. The van der Waals surface area contributed by atoms with Gasteiger partial charge in [-0.3, -0.25) is 9.59 Å². The Bertz CT molecular complexity index is 642. The van der Waals surface area contributed by atoms with Crippen molar-refractivity contribution in [2.75, 3.05) is 12.4 Å². The molecule has 0 radical (unpaired) electrons. The molecular weight excluding hydrogens is 286 g/mol. The first-order valence-electron chi connectivity index (χ1n) is 6.68. The van der Waals surface area contributed by atoms with Gasteiger partial charge < -0.3 is 10.2 Å². The molecule has 0 spiro atoms. The van der Waals surface area contributed by atoms with Gasteiger partial charge in [0.25, 0.3) is 0 Å². The first-order chi connectivity index (χ1) is 10.2. The average Bonchev–Trinajstić information content (AvgIpc) is 3.09. The molecule has 2 heterocycles. The number of rotatable bonds is 3. The van der Waals surface area contributed by atoms with Crippen LogP contribution in [0.25, 0.3) is 0 Å². The average molecular weight is 301 g/mol. The second kappa shape index (κ2) is 5.65. The molecule has 2 amide bonds. The normalized spacial score (nSPS) is 21.6. The number of hydrogen-bond donors (Lipinski definition) is 1. The van der Waals surface area contributed by atoms with Crippen molar-refractivity contribution in [2.24, 2.45) is 5.92 Å². The lowest BCUT2D eigenvalue weighted by atomic mass is 9.93. The molecule has 1 aliphatic heterocycles. The first-order valence-corrected chi connectivity index (χ1v) is 7.56. The maximum atomic E-state index is 12.5. The largest absolute Gasteiger partial charge is 0.338 e. The highest BCUT2D eigenvalue weighted by molar-refractivity contribution is 7.13. The lowest BCUT2D eigenvalue weighted by Crippen LogP contribution is -2.29. The predicted molar refractivity (Wildman–Crippen MR) is 80.8 cm³/mol. The smallest absolute Gasteiger partial charge is 0.232 e. The summed E-state index contributed by atoms with van der Waals surface area (Å²) in [5, 5.41) is 5.16. The summed E-state index contributed by atoms with van der Waals surface area (Å²) in [4.78, 5) is 30.2. The van der Waals surface area contributed by atoms with Crippen LogP contribution in [0.1, 0.15) is 18.0 Å². The minimum Gasteiger partial charge on any atom is -0.338 e. The number of thiazole rings is 1. The summed E-state index contributed by atoms with van der Waals surface area (Å²) in [7, 11) is 1.75. The number of hydrogen-bond acceptors (Lipinski definition) is 4. The van der Waals surface area contributed by atoms with Crippen LogP contribution in [0.5, 0.6) is 0 Å². The van der Waals surface area contributed by atoms with Crippen molar-refractivity contribution in [3.05, 3.63) is 47.5 Å². The summed E-state index contributed by atoms with van der Waals surface area (Å²) in [6, 6.07) is 9.43. The fraction of sp³-hybridized carbons (Fsp3) is 0.267. The lowest BCUT2D eigenvalue weighted by molar-refractivity contribution is -0.127. The van der Waals surface area contributed by atoms with Crippen molar-refractivity contribution >= 4 is 28.3 Å². The van der Waals surface area contributed by atoms with E-state index in [1.165, 1.54) is 11.3 Å². The van der Waals surface area contributed by atoms with Gasteiger partial charge in [-0.15, -0.1) is 11.3 Å². The molecule has 6 heteroatoms. The number of carbonyl (C=O) groups excluding carboxylic acids is 2. The highest BCUT2D eigenvalue weighted by Gasteiger charge is 2.42. The zero-order valence-electron chi connectivity index (χ0n) is 11.5. The third kappa shape index (κ3) is 2.67. The third-order valence-corrected chi connectivity index (χ3v) is 4.42. The molecule has 1 aromatic heterocycles. The molecule has 0 unspecified atom stereocenters. The summed E-state index contributed by atoms with van der Waals surface area (Å²) in [6.45, 7) is 0. The Hall–Kier alpha value is -2.21. The van der Waals surface area contributed by atoms with E-state index in [0.717, 1.165) is 5.56 Å². The predicted octanol–water partition coefficient (Wildman–Crippen LogP) is 2.30. The van der Waals surface area contributed by atoms with Gasteiger partial charge in [0.2, 0.25) is 11.8 Å². The van der Waals surface area contributed by atoms with E-state index >= 15 is 0 Å². The van der Waals surface area contributed by atoms with E-state index in [9.17, 15) is 9.59 Å². The van der Waals surface area contributed by atoms with E-state index in [-0.39, 0.29) is 24.3 Å². The Morgan fingerprint density at radius 2 is 2.14 bits per heavy atom. The SMILES string of the molecule is CN1C(=O)C[C@H](C(=O)Nc2nccs2)[C@@H]1c1ccccc1. The highest BCUT2D eigenvalue weighted by Crippen LogP contribution is 2.37. The van der Waals surface area contributed by atoms with Crippen LogP contribution in [-0.2, 0) is 9.59 Å². The molecule has 0 saturated carbocycles. The molecular formula is C15H15N3O2S. The number of nitrogens with zero attached hydrogens (tertiary/aromatic N) is 2. The minimum atomic E-state index is -0.395. The van der Waals surface area contributed by atoms with Gasteiger partial charge in [0.15, 0.2) is 5.13 Å². The van der Waals surface area contributed by atoms with Crippen molar-refractivity contribution in [2.45, 2.75) is 12.5 Å². The number of carbonyl (C=O) groups is 2. The second-order valence-corrected chi connectivity index (χ2v) is 5.89. The molecule has 3 rings (SSSR count). The van der Waals surface area contributed by atoms with Gasteiger partial charge in [-0.2, -0.15) is 0 Å². The van der Waals surface area contributed by atoms with Crippen molar-refractivity contribution in [3.63, 3.8) is 0 Å². The summed E-state index contributed by atoms with van der Waals surface area (Å²) in [5.74, 6) is -0.562. The van der Waals surface area contributed by atoms with Crippen molar-refractivity contribution in [1.29, 1.82) is 0 Å². The van der Waals surface area contributed by atoms with E-state index in [4.69, 9.17) is 0 Å². The van der Waals surface area contributed by atoms with Crippen LogP contribution in [0.2, 0.25) is 0 Å². The number of anilines is 1. The standard InChI is InChI=1S/C15H15N3O2S/c1-18-12(19)9-11(13(18)10-5-3-2-4-6-10)14(20)17-15-16-7-8-21-15/h2-8,11,13H,9H2,1H3,(H,16,17,20)/t11-,13-/m0/s1. The summed E-state index contributed by atoms with van der Waals surface area (Å²) < 4.78 is 0. The van der Waals surface area contributed by atoms with Crippen LogP contribution in [0, 0.1) is 5.92 Å². The van der Waals surface area contributed by atoms with Gasteiger partial charge in [0.05, 0.1) is 12.0 Å². The van der Waals surface area contributed by atoms with Crippen molar-refractivity contribution in [1.82, 2.24) is 9.88 Å². The van der Waals surface area contributed by atoms with E-state index in [1.54, 1.807) is 23.5 Å². The molecule has 21 heavy (non-hydrogen) atoms. The minimum absolute atomic E-state index is 0.0110. The van der Waals surface area contributed by atoms with Gasteiger partial charge in [0, 0.05) is 25.0 Å². The van der Waals surface area contributed by atoms with E-state index in [1.807, 2.05) is 30.3 Å². The molecule has 1 N–H and O–H groups in total. The van der Waals surface area contributed by atoms with Crippen LogP contribution >= 0.6 is 11.3 Å². The van der Waals surface area contributed by atoms with Crippen molar-refractivity contribution in [3.8, 4) is 0 Å². The molecule has 0 aliphatic carbocycles. The maximum Gasteiger partial charge on any atom is 0.232 e. The van der Waals surface area contributed by atoms with E-state index in [2.05, 4.69) is 10.3 Å². The van der Waals surface area contributed by atoms with Gasteiger partial charge >= 0.3 is 0 Å². The molecule has 2 aromatic rings. The molecule has 5 nitrogen and oxygen atoms in total. The molecule has 1 fully saturated rings. The van der Waals surface area contributed by atoms with Gasteiger partial charge in [-0.25, -0.2) is 4.98 Å². The van der Waals surface area contributed by atoms with Crippen LogP contribution in [0.4, 0.5) is 5.13 Å². The number of benzene rings is 1. The van der Waals surface area contributed by atoms with Crippen LogP contribution in [0.3, 0.4) is 0 Å².